The number of carbonyl (C=O) groups excluding carboxylic acids is 1. The zero-order chi connectivity index (χ0) is 16.4. The number of aryl methyl sites for hydroxylation is 1. The molecule has 3 rings (SSSR count). The second-order valence-electron chi connectivity index (χ2n) is 4.95. The number of hydrogen-bond donors (Lipinski definition) is 1. The lowest BCUT2D eigenvalue weighted by Gasteiger charge is -2.08. The molecule has 0 aliphatic carbocycles. The SMILES string of the molecule is Cc1ccc([N+](=O)[O-])cc1NC(=O)c1cnc2ccccc2n1. The number of nitro groups is 1. The van der Waals surface area contributed by atoms with Crippen molar-refractivity contribution >= 4 is 28.3 Å². The molecule has 2 aromatic carbocycles. The van der Waals surface area contributed by atoms with Crippen molar-refractivity contribution in [1.29, 1.82) is 0 Å². The first-order valence-corrected chi connectivity index (χ1v) is 6.83. The monoisotopic (exact) mass is 308 g/mol. The topological polar surface area (TPSA) is 98.0 Å². The number of hydrogen-bond acceptors (Lipinski definition) is 5. The van der Waals surface area contributed by atoms with E-state index in [0.717, 1.165) is 5.56 Å². The Morgan fingerprint density at radius 1 is 1.17 bits per heavy atom. The Balaban J connectivity index is 1.91. The van der Waals surface area contributed by atoms with E-state index < -0.39 is 10.8 Å². The lowest BCUT2D eigenvalue weighted by Crippen LogP contribution is -2.15. The summed E-state index contributed by atoms with van der Waals surface area (Å²) in [6, 6.07) is 11.5. The average Bonchev–Trinajstić information content (AvgIpc) is 2.56. The maximum absolute atomic E-state index is 12.3. The summed E-state index contributed by atoms with van der Waals surface area (Å²) < 4.78 is 0. The minimum absolute atomic E-state index is 0.0875. The molecule has 0 aliphatic rings. The Hall–Kier alpha value is -3.35. The Labute approximate surface area is 131 Å². The van der Waals surface area contributed by atoms with Gasteiger partial charge in [-0.15, -0.1) is 0 Å². The number of nitrogens with one attached hydrogen (secondary N) is 1. The van der Waals surface area contributed by atoms with Gasteiger partial charge in [0.15, 0.2) is 0 Å². The number of nitrogens with zero attached hydrogens (tertiary/aromatic N) is 3. The first kappa shape index (κ1) is 14.6. The fourth-order valence-electron chi connectivity index (χ4n) is 2.11. The van der Waals surface area contributed by atoms with Gasteiger partial charge in [-0.3, -0.25) is 19.9 Å². The van der Waals surface area contributed by atoms with Gasteiger partial charge in [-0.2, -0.15) is 0 Å². The highest BCUT2D eigenvalue weighted by Crippen LogP contribution is 2.22. The van der Waals surface area contributed by atoms with Gasteiger partial charge in [0, 0.05) is 12.1 Å². The molecule has 1 N–H and O–H groups in total. The van der Waals surface area contributed by atoms with Crippen LogP contribution in [0.25, 0.3) is 11.0 Å². The van der Waals surface area contributed by atoms with Crippen LogP contribution in [-0.4, -0.2) is 20.8 Å². The van der Waals surface area contributed by atoms with Crippen molar-refractivity contribution in [3.05, 3.63) is 70.0 Å². The van der Waals surface area contributed by atoms with Crippen LogP contribution >= 0.6 is 0 Å². The first-order chi connectivity index (χ1) is 11.0. The zero-order valence-corrected chi connectivity index (χ0v) is 12.2. The summed E-state index contributed by atoms with van der Waals surface area (Å²) in [6.07, 6.45) is 1.38. The largest absolute Gasteiger partial charge is 0.320 e. The normalized spacial score (nSPS) is 10.5. The smallest absolute Gasteiger partial charge is 0.275 e. The summed E-state index contributed by atoms with van der Waals surface area (Å²) in [5.74, 6) is -0.466. The maximum atomic E-state index is 12.3. The second kappa shape index (κ2) is 5.80. The third-order valence-electron chi connectivity index (χ3n) is 3.36. The van der Waals surface area contributed by atoms with E-state index in [-0.39, 0.29) is 11.4 Å². The van der Waals surface area contributed by atoms with E-state index >= 15 is 0 Å². The molecule has 0 aliphatic heterocycles. The molecule has 114 valence electrons. The summed E-state index contributed by atoms with van der Waals surface area (Å²) >= 11 is 0. The van der Waals surface area contributed by atoms with Gasteiger partial charge >= 0.3 is 0 Å². The van der Waals surface area contributed by atoms with Crippen LogP contribution in [0.3, 0.4) is 0 Å². The summed E-state index contributed by atoms with van der Waals surface area (Å²) in [5, 5.41) is 13.5. The fraction of sp³-hybridized carbons (Fsp3) is 0.0625. The van der Waals surface area contributed by atoms with E-state index in [0.29, 0.717) is 16.7 Å². The van der Waals surface area contributed by atoms with E-state index in [2.05, 4.69) is 15.3 Å². The van der Waals surface area contributed by atoms with Crippen LogP contribution in [0.2, 0.25) is 0 Å². The molecule has 0 saturated heterocycles. The minimum Gasteiger partial charge on any atom is -0.320 e. The predicted octanol–water partition coefficient (Wildman–Crippen LogP) is 3.10. The molecule has 1 amide bonds. The highest BCUT2D eigenvalue weighted by molar-refractivity contribution is 6.04. The fourth-order valence-corrected chi connectivity index (χ4v) is 2.11. The van der Waals surface area contributed by atoms with Gasteiger partial charge in [-0.25, -0.2) is 4.98 Å². The van der Waals surface area contributed by atoms with Crippen LogP contribution in [0.1, 0.15) is 16.1 Å². The van der Waals surface area contributed by atoms with Crippen molar-refractivity contribution in [2.45, 2.75) is 6.92 Å². The van der Waals surface area contributed by atoms with Crippen molar-refractivity contribution in [3.8, 4) is 0 Å². The highest BCUT2D eigenvalue weighted by atomic mass is 16.6. The quantitative estimate of drug-likeness (QED) is 0.592. The van der Waals surface area contributed by atoms with Crippen molar-refractivity contribution < 1.29 is 9.72 Å². The molecular weight excluding hydrogens is 296 g/mol. The maximum Gasteiger partial charge on any atom is 0.275 e. The Morgan fingerprint density at radius 3 is 2.65 bits per heavy atom. The molecule has 0 spiro atoms. The van der Waals surface area contributed by atoms with Crippen molar-refractivity contribution in [3.63, 3.8) is 0 Å². The average molecular weight is 308 g/mol. The van der Waals surface area contributed by atoms with Gasteiger partial charge in [-0.1, -0.05) is 18.2 Å². The molecule has 1 aromatic heterocycles. The van der Waals surface area contributed by atoms with Gasteiger partial charge in [-0.05, 0) is 24.6 Å². The van der Waals surface area contributed by atoms with Crippen LogP contribution < -0.4 is 5.32 Å². The number of fused-ring (bicyclic) bond motifs is 1. The number of anilines is 1. The molecular formula is C16H12N4O3. The second-order valence-corrected chi connectivity index (χ2v) is 4.95. The molecule has 0 unspecified atom stereocenters. The number of amides is 1. The minimum atomic E-state index is -0.509. The number of carbonyl (C=O) groups is 1. The lowest BCUT2D eigenvalue weighted by molar-refractivity contribution is -0.384. The van der Waals surface area contributed by atoms with Crippen molar-refractivity contribution in [2.75, 3.05) is 5.32 Å². The van der Waals surface area contributed by atoms with Gasteiger partial charge < -0.3 is 5.32 Å². The number of rotatable bonds is 3. The third-order valence-corrected chi connectivity index (χ3v) is 3.36. The van der Waals surface area contributed by atoms with E-state index in [1.165, 1.54) is 18.3 Å². The Morgan fingerprint density at radius 2 is 1.91 bits per heavy atom. The van der Waals surface area contributed by atoms with E-state index in [1.54, 1.807) is 25.1 Å². The number of aromatic nitrogens is 2. The van der Waals surface area contributed by atoms with E-state index in [4.69, 9.17) is 0 Å². The lowest BCUT2D eigenvalue weighted by atomic mass is 10.1. The van der Waals surface area contributed by atoms with Crippen LogP contribution in [0.4, 0.5) is 11.4 Å². The number of nitro benzene ring substituents is 1. The number of benzene rings is 2. The van der Waals surface area contributed by atoms with Crippen LogP contribution in [-0.2, 0) is 0 Å². The zero-order valence-electron chi connectivity index (χ0n) is 12.2. The Bertz CT molecular complexity index is 924. The molecule has 7 nitrogen and oxygen atoms in total. The summed E-state index contributed by atoms with van der Waals surface area (Å²) in [5.41, 5.74) is 2.45. The third kappa shape index (κ3) is 2.98. The van der Waals surface area contributed by atoms with Crippen LogP contribution in [0.15, 0.2) is 48.7 Å². The van der Waals surface area contributed by atoms with Gasteiger partial charge in [0.25, 0.3) is 11.6 Å². The van der Waals surface area contributed by atoms with E-state index in [1.807, 2.05) is 12.1 Å². The molecule has 0 saturated carbocycles. The molecule has 0 bridgehead atoms. The van der Waals surface area contributed by atoms with E-state index in [9.17, 15) is 14.9 Å². The number of non-ortho nitro benzene ring substituents is 1. The van der Waals surface area contributed by atoms with Crippen LogP contribution in [0.5, 0.6) is 0 Å². The molecule has 0 fully saturated rings. The van der Waals surface area contributed by atoms with Crippen molar-refractivity contribution in [1.82, 2.24) is 9.97 Å². The Kier molecular flexibility index (Phi) is 3.68. The molecule has 7 heteroatoms. The summed E-state index contributed by atoms with van der Waals surface area (Å²) in [4.78, 5) is 31.1. The van der Waals surface area contributed by atoms with Crippen LogP contribution in [0, 0.1) is 17.0 Å². The summed E-state index contributed by atoms with van der Waals surface area (Å²) in [7, 11) is 0. The van der Waals surface area contributed by atoms with Crippen molar-refractivity contribution in [2.24, 2.45) is 0 Å². The predicted molar refractivity (Wildman–Crippen MR) is 85.3 cm³/mol. The first-order valence-electron chi connectivity index (χ1n) is 6.83. The molecule has 0 atom stereocenters. The molecule has 3 aromatic rings. The summed E-state index contributed by atoms with van der Waals surface area (Å²) in [6.45, 7) is 1.76. The molecule has 1 heterocycles. The van der Waals surface area contributed by atoms with Gasteiger partial charge in [0.2, 0.25) is 0 Å². The standard InChI is InChI=1S/C16H12N4O3/c1-10-6-7-11(20(22)23)8-14(10)19-16(21)15-9-17-12-4-2-3-5-13(12)18-15/h2-9H,1H3,(H,19,21). The van der Waals surface area contributed by atoms with Gasteiger partial charge in [0.05, 0.1) is 27.8 Å². The van der Waals surface area contributed by atoms with Gasteiger partial charge in [0.1, 0.15) is 5.69 Å². The molecule has 23 heavy (non-hydrogen) atoms. The highest BCUT2D eigenvalue weighted by Gasteiger charge is 2.14. The number of para-hydroxylation sites is 2. The molecule has 0 radical (unpaired) electrons.